The number of anilines is 1. The summed E-state index contributed by atoms with van der Waals surface area (Å²) < 4.78 is 5.32. The third kappa shape index (κ3) is 4.14. The molecule has 0 saturated heterocycles. The highest BCUT2D eigenvalue weighted by Gasteiger charge is 2.18. The van der Waals surface area contributed by atoms with Crippen molar-refractivity contribution in [1.29, 1.82) is 0 Å². The number of nitro benzene ring substituents is 1. The molecule has 144 valence electrons. The smallest absolute Gasteiger partial charge is 0.293 e. The van der Waals surface area contributed by atoms with E-state index < -0.39 is 4.92 Å². The standard InChI is InChI=1S/C22H18N4O3/c1-15-7-9-16(10-8-15)14-23-19-12-11-18(13-20(19)26(27)28)22-24-21(25-29-22)17-5-3-2-4-6-17/h2-13,23H,14H2,1H3. The molecule has 4 aromatic rings. The second-order valence-corrected chi connectivity index (χ2v) is 6.62. The Morgan fingerprint density at radius 1 is 1.00 bits per heavy atom. The molecule has 0 spiro atoms. The molecular weight excluding hydrogens is 368 g/mol. The Balaban J connectivity index is 1.58. The molecule has 0 bridgehead atoms. The fraction of sp³-hybridized carbons (Fsp3) is 0.0909. The predicted molar refractivity (Wildman–Crippen MR) is 110 cm³/mol. The third-order valence-corrected chi connectivity index (χ3v) is 4.50. The second-order valence-electron chi connectivity index (χ2n) is 6.62. The number of aromatic nitrogens is 2. The summed E-state index contributed by atoms with van der Waals surface area (Å²) >= 11 is 0. The molecule has 3 aromatic carbocycles. The van der Waals surface area contributed by atoms with Crippen LogP contribution in [0.4, 0.5) is 11.4 Å². The van der Waals surface area contributed by atoms with Crippen LogP contribution >= 0.6 is 0 Å². The third-order valence-electron chi connectivity index (χ3n) is 4.50. The van der Waals surface area contributed by atoms with Crippen LogP contribution in [0.5, 0.6) is 0 Å². The van der Waals surface area contributed by atoms with E-state index >= 15 is 0 Å². The van der Waals surface area contributed by atoms with E-state index in [1.165, 1.54) is 11.6 Å². The maximum atomic E-state index is 11.6. The van der Waals surface area contributed by atoms with Gasteiger partial charge in [-0.05, 0) is 24.6 Å². The van der Waals surface area contributed by atoms with Crippen LogP contribution in [0.25, 0.3) is 22.8 Å². The van der Waals surface area contributed by atoms with Gasteiger partial charge in [0.25, 0.3) is 11.6 Å². The Morgan fingerprint density at radius 2 is 1.76 bits per heavy atom. The number of hydrogen-bond acceptors (Lipinski definition) is 6. The molecule has 0 aliphatic rings. The van der Waals surface area contributed by atoms with Gasteiger partial charge in [-0.15, -0.1) is 0 Å². The Labute approximate surface area is 167 Å². The average molecular weight is 386 g/mol. The molecule has 0 radical (unpaired) electrons. The summed E-state index contributed by atoms with van der Waals surface area (Å²) in [6.07, 6.45) is 0. The van der Waals surface area contributed by atoms with Gasteiger partial charge in [-0.3, -0.25) is 10.1 Å². The first-order valence-corrected chi connectivity index (χ1v) is 9.07. The molecule has 1 aromatic heterocycles. The van der Waals surface area contributed by atoms with Crippen LogP contribution in [-0.4, -0.2) is 15.1 Å². The fourth-order valence-electron chi connectivity index (χ4n) is 2.91. The van der Waals surface area contributed by atoms with E-state index in [1.54, 1.807) is 12.1 Å². The van der Waals surface area contributed by atoms with Gasteiger partial charge in [0, 0.05) is 23.7 Å². The first kappa shape index (κ1) is 18.4. The van der Waals surface area contributed by atoms with Crippen molar-refractivity contribution >= 4 is 11.4 Å². The van der Waals surface area contributed by atoms with E-state index in [1.807, 2.05) is 61.5 Å². The lowest BCUT2D eigenvalue weighted by molar-refractivity contribution is -0.383. The van der Waals surface area contributed by atoms with Gasteiger partial charge in [-0.25, -0.2) is 0 Å². The highest BCUT2D eigenvalue weighted by molar-refractivity contribution is 5.70. The van der Waals surface area contributed by atoms with Crippen LogP contribution in [0.3, 0.4) is 0 Å². The van der Waals surface area contributed by atoms with Crippen LogP contribution in [0, 0.1) is 17.0 Å². The monoisotopic (exact) mass is 386 g/mol. The maximum absolute atomic E-state index is 11.6. The quantitative estimate of drug-likeness (QED) is 0.360. The van der Waals surface area contributed by atoms with Crippen LogP contribution in [0.15, 0.2) is 77.3 Å². The summed E-state index contributed by atoms with van der Waals surface area (Å²) in [5, 5.41) is 18.7. The van der Waals surface area contributed by atoms with Crippen LogP contribution in [0.2, 0.25) is 0 Å². The minimum atomic E-state index is -0.421. The maximum Gasteiger partial charge on any atom is 0.293 e. The van der Waals surface area contributed by atoms with Gasteiger partial charge in [0.15, 0.2) is 0 Å². The highest BCUT2D eigenvalue weighted by atomic mass is 16.6. The summed E-state index contributed by atoms with van der Waals surface area (Å²) in [6.45, 7) is 2.50. The van der Waals surface area contributed by atoms with Gasteiger partial charge in [0.05, 0.1) is 4.92 Å². The van der Waals surface area contributed by atoms with E-state index in [2.05, 4.69) is 15.5 Å². The number of benzene rings is 3. The first-order valence-electron chi connectivity index (χ1n) is 9.07. The molecule has 0 atom stereocenters. The van der Waals surface area contributed by atoms with E-state index in [-0.39, 0.29) is 11.6 Å². The normalized spacial score (nSPS) is 10.7. The lowest BCUT2D eigenvalue weighted by Gasteiger charge is -2.08. The zero-order valence-corrected chi connectivity index (χ0v) is 15.7. The van der Waals surface area contributed by atoms with Crippen molar-refractivity contribution in [2.45, 2.75) is 13.5 Å². The molecule has 0 saturated carbocycles. The summed E-state index contributed by atoms with van der Waals surface area (Å²) in [5.41, 5.74) is 3.90. The number of aryl methyl sites for hydroxylation is 1. The lowest BCUT2D eigenvalue weighted by atomic mass is 10.1. The van der Waals surface area contributed by atoms with E-state index in [4.69, 9.17) is 4.52 Å². The fourth-order valence-corrected chi connectivity index (χ4v) is 2.91. The van der Waals surface area contributed by atoms with Crippen molar-refractivity contribution in [3.05, 3.63) is 94.0 Å². The minimum Gasteiger partial charge on any atom is -0.375 e. The Hall–Kier alpha value is -4.00. The molecule has 0 aliphatic heterocycles. The van der Waals surface area contributed by atoms with Crippen LogP contribution in [0.1, 0.15) is 11.1 Å². The van der Waals surface area contributed by atoms with E-state index in [0.717, 1.165) is 11.1 Å². The van der Waals surface area contributed by atoms with Gasteiger partial charge in [-0.2, -0.15) is 4.98 Å². The minimum absolute atomic E-state index is 0.0472. The molecule has 0 unspecified atom stereocenters. The van der Waals surface area contributed by atoms with Gasteiger partial charge < -0.3 is 9.84 Å². The second kappa shape index (κ2) is 7.93. The van der Waals surface area contributed by atoms with Gasteiger partial charge >= 0.3 is 0 Å². The number of hydrogen-bond donors (Lipinski definition) is 1. The molecule has 29 heavy (non-hydrogen) atoms. The molecule has 1 N–H and O–H groups in total. The number of nitrogens with one attached hydrogen (secondary N) is 1. The Kier molecular flexibility index (Phi) is 5.03. The Bertz CT molecular complexity index is 1140. The van der Waals surface area contributed by atoms with Crippen molar-refractivity contribution in [2.24, 2.45) is 0 Å². The Morgan fingerprint density at radius 3 is 2.48 bits per heavy atom. The zero-order chi connectivity index (χ0) is 20.2. The summed E-state index contributed by atoms with van der Waals surface area (Å²) in [6, 6.07) is 22.2. The average Bonchev–Trinajstić information content (AvgIpc) is 3.24. The summed E-state index contributed by atoms with van der Waals surface area (Å²) in [4.78, 5) is 15.5. The number of rotatable bonds is 6. The number of nitro groups is 1. The van der Waals surface area contributed by atoms with E-state index in [0.29, 0.717) is 23.6 Å². The van der Waals surface area contributed by atoms with Crippen molar-refractivity contribution in [3.8, 4) is 22.8 Å². The highest BCUT2D eigenvalue weighted by Crippen LogP contribution is 2.31. The first-order chi connectivity index (χ1) is 14.1. The predicted octanol–water partition coefficient (Wildman–Crippen LogP) is 5.23. The topological polar surface area (TPSA) is 94.1 Å². The lowest BCUT2D eigenvalue weighted by Crippen LogP contribution is -2.03. The van der Waals surface area contributed by atoms with Crippen molar-refractivity contribution < 1.29 is 9.45 Å². The van der Waals surface area contributed by atoms with Gasteiger partial charge in [-0.1, -0.05) is 65.3 Å². The molecule has 0 fully saturated rings. The summed E-state index contributed by atoms with van der Waals surface area (Å²) in [7, 11) is 0. The van der Waals surface area contributed by atoms with Crippen LogP contribution < -0.4 is 5.32 Å². The van der Waals surface area contributed by atoms with Gasteiger partial charge in [0.2, 0.25) is 5.82 Å². The molecular formula is C22H18N4O3. The molecule has 0 aliphatic carbocycles. The SMILES string of the molecule is Cc1ccc(CNc2ccc(-c3nc(-c4ccccc4)no3)cc2[N+](=O)[O-])cc1. The van der Waals surface area contributed by atoms with Crippen molar-refractivity contribution in [2.75, 3.05) is 5.32 Å². The molecule has 0 amide bonds. The molecule has 7 heteroatoms. The number of nitrogens with zero attached hydrogens (tertiary/aromatic N) is 3. The summed E-state index contributed by atoms with van der Waals surface area (Å²) in [5.74, 6) is 0.668. The van der Waals surface area contributed by atoms with Crippen molar-refractivity contribution in [1.82, 2.24) is 10.1 Å². The largest absolute Gasteiger partial charge is 0.375 e. The van der Waals surface area contributed by atoms with Crippen LogP contribution in [-0.2, 0) is 6.54 Å². The molecule has 7 nitrogen and oxygen atoms in total. The van der Waals surface area contributed by atoms with Crippen molar-refractivity contribution in [3.63, 3.8) is 0 Å². The van der Waals surface area contributed by atoms with E-state index in [9.17, 15) is 10.1 Å². The zero-order valence-electron chi connectivity index (χ0n) is 15.7. The molecule has 1 heterocycles. The van der Waals surface area contributed by atoms with Gasteiger partial charge in [0.1, 0.15) is 5.69 Å². The molecule has 4 rings (SSSR count).